The molecule has 1 heterocycles. The number of likely N-dealkylation sites (N-methyl/N-ethyl adjacent to an activating group) is 1. The van der Waals surface area contributed by atoms with E-state index < -0.39 is 0 Å². The maximum Gasteiger partial charge on any atom is 0.267 e. The Hall–Kier alpha value is -1.23. The fourth-order valence-electron chi connectivity index (χ4n) is 1.62. The predicted octanol–water partition coefficient (Wildman–Crippen LogP) is 2.19. The summed E-state index contributed by atoms with van der Waals surface area (Å²) in [6.45, 7) is 1.35. The predicted molar refractivity (Wildman–Crippen MR) is 76.8 cm³/mol. The molecule has 3 N–H and O–H groups in total. The summed E-state index contributed by atoms with van der Waals surface area (Å²) in [4.78, 5) is 14.8. The van der Waals surface area contributed by atoms with Gasteiger partial charge in [0.05, 0.1) is 0 Å². The van der Waals surface area contributed by atoms with Crippen LogP contribution in [0.3, 0.4) is 0 Å². The second-order valence-corrected chi connectivity index (χ2v) is 4.21. The number of amides is 1. The van der Waals surface area contributed by atoms with Crippen molar-refractivity contribution in [3.05, 3.63) is 35.0 Å². The van der Waals surface area contributed by atoms with Crippen molar-refractivity contribution in [1.29, 1.82) is 0 Å². The lowest BCUT2D eigenvalue weighted by atomic mass is 10.2. The number of H-pyrrole nitrogens is 1. The maximum absolute atomic E-state index is 11.8. The van der Waals surface area contributed by atoms with E-state index in [1.54, 1.807) is 12.1 Å². The monoisotopic (exact) mass is 287 g/mol. The maximum atomic E-state index is 11.8. The minimum Gasteiger partial charge on any atom is -0.351 e. The molecule has 0 bridgehead atoms. The van der Waals surface area contributed by atoms with Gasteiger partial charge in [-0.15, -0.1) is 12.4 Å². The number of hydrogen-bond acceptors (Lipinski definition) is 2. The van der Waals surface area contributed by atoms with Crippen molar-refractivity contribution in [2.45, 2.75) is 0 Å². The Morgan fingerprint density at radius 3 is 2.83 bits per heavy atom. The largest absolute Gasteiger partial charge is 0.351 e. The first-order valence-corrected chi connectivity index (χ1v) is 5.79. The average Bonchev–Trinajstić information content (AvgIpc) is 2.72. The van der Waals surface area contributed by atoms with Crippen LogP contribution in [0.1, 0.15) is 10.5 Å². The topological polar surface area (TPSA) is 56.9 Å². The van der Waals surface area contributed by atoms with Gasteiger partial charge in [0.1, 0.15) is 5.69 Å². The Morgan fingerprint density at radius 1 is 1.33 bits per heavy atom. The first-order valence-electron chi connectivity index (χ1n) is 5.42. The average molecular weight is 288 g/mol. The highest BCUT2D eigenvalue weighted by Crippen LogP contribution is 2.19. The summed E-state index contributed by atoms with van der Waals surface area (Å²) in [5, 5.41) is 7.38. The van der Waals surface area contributed by atoms with Gasteiger partial charge in [-0.05, 0) is 31.3 Å². The van der Waals surface area contributed by atoms with Gasteiger partial charge in [-0.3, -0.25) is 4.79 Å². The summed E-state index contributed by atoms with van der Waals surface area (Å²) in [6.07, 6.45) is 0. The van der Waals surface area contributed by atoms with E-state index in [4.69, 9.17) is 11.6 Å². The molecule has 1 aromatic carbocycles. The lowest BCUT2D eigenvalue weighted by Gasteiger charge is -2.01. The summed E-state index contributed by atoms with van der Waals surface area (Å²) in [5.74, 6) is -0.104. The molecular weight excluding hydrogens is 273 g/mol. The Balaban J connectivity index is 0.00000162. The molecule has 0 aliphatic carbocycles. The van der Waals surface area contributed by atoms with E-state index in [9.17, 15) is 4.79 Å². The molecule has 18 heavy (non-hydrogen) atoms. The van der Waals surface area contributed by atoms with Crippen LogP contribution in [0.5, 0.6) is 0 Å². The van der Waals surface area contributed by atoms with Crippen LogP contribution < -0.4 is 10.6 Å². The van der Waals surface area contributed by atoms with Gasteiger partial charge >= 0.3 is 0 Å². The van der Waals surface area contributed by atoms with E-state index in [0.29, 0.717) is 17.3 Å². The van der Waals surface area contributed by atoms with Gasteiger partial charge in [0.25, 0.3) is 5.91 Å². The van der Waals surface area contributed by atoms with E-state index in [-0.39, 0.29) is 18.3 Å². The van der Waals surface area contributed by atoms with Crippen LogP contribution in [0.25, 0.3) is 10.9 Å². The number of rotatable bonds is 4. The summed E-state index contributed by atoms with van der Waals surface area (Å²) in [7, 11) is 1.84. The van der Waals surface area contributed by atoms with E-state index in [2.05, 4.69) is 15.6 Å². The molecule has 0 aliphatic heterocycles. The molecule has 0 atom stereocenters. The SMILES string of the molecule is CNCCNC(=O)c1cc2cc(Cl)ccc2[nH]1.Cl. The molecular formula is C12H15Cl2N3O. The number of benzene rings is 1. The highest BCUT2D eigenvalue weighted by atomic mass is 35.5. The molecule has 2 rings (SSSR count). The van der Waals surface area contributed by atoms with Crippen molar-refractivity contribution < 1.29 is 4.79 Å². The molecule has 0 radical (unpaired) electrons. The molecule has 0 unspecified atom stereocenters. The minimum absolute atomic E-state index is 0. The zero-order valence-electron chi connectivity index (χ0n) is 9.92. The fourth-order valence-corrected chi connectivity index (χ4v) is 1.80. The fraction of sp³-hybridized carbons (Fsp3) is 0.250. The molecule has 98 valence electrons. The third-order valence-electron chi connectivity index (χ3n) is 2.49. The lowest BCUT2D eigenvalue weighted by molar-refractivity contribution is 0.0950. The molecule has 2 aromatic rings. The highest BCUT2D eigenvalue weighted by molar-refractivity contribution is 6.31. The van der Waals surface area contributed by atoms with Gasteiger partial charge in [0.2, 0.25) is 0 Å². The Bertz CT molecular complexity index is 539. The van der Waals surface area contributed by atoms with Gasteiger partial charge in [-0.25, -0.2) is 0 Å². The van der Waals surface area contributed by atoms with Crippen molar-refractivity contribution in [2.75, 3.05) is 20.1 Å². The third kappa shape index (κ3) is 3.38. The molecule has 1 aromatic heterocycles. The van der Waals surface area contributed by atoms with Gasteiger partial charge in [-0.1, -0.05) is 11.6 Å². The molecule has 0 aliphatic rings. The number of carbonyl (C=O) groups is 1. The minimum atomic E-state index is -0.104. The molecule has 6 heteroatoms. The van der Waals surface area contributed by atoms with Gasteiger partial charge < -0.3 is 15.6 Å². The van der Waals surface area contributed by atoms with Crippen LogP contribution in [-0.4, -0.2) is 31.0 Å². The summed E-state index contributed by atoms with van der Waals surface area (Å²) >= 11 is 5.89. The van der Waals surface area contributed by atoms with Crippen molar-refractivity contribution in [1.82, 2.24) is 15.6 Å². The van der Waals surface area contributed by atoms with Gasteiger partial charge in [0, 0.05) is 29.0 Å². The molecule has 0 spiro atoms. The van der Waals surface area contributed by atoms with E-state index in [0.717, 1.165) is 17.4 Å². The second-order valence-electron chi connectivity index (χ2n) is 3.77. The number of hydrogen-bond donors (Lipinski definition) is 3. The lowest BCUT2D eigenvalue weighted by Crippen LogP contribution is -2.30. The van der Waals surface area contributed by atoms with Gasteiger partial charge in [0.15, 0.2) is 0 Å². The molecule has 0 saturated heterocycles. The number of halogens is 2. The highest BCUT2D eigenvalue weighted by Gasteiger charge is 2.08. The smallest absolute Gasteiger partial charge is 0.267 e. The van der Waals surface area contributed by atoms with E-state index in [1.165, 1.54) is 0 Å². The van der Waals surface area contributed by atoms with Crippen LogP contribution in [0, 0.1) is 0 Å². The van der Waals surface area contributed by atoms with E-state index in [1.807, 2.05) is 19.2 Å². The van der Waals surface area contributed by atoms with Crippen LogP contribution in [-0.2, 0) is 0 Å². The van der Waals surface area contributed by atoms with Crippen LogP contribution in [0.4, 0.5) is 0 Å². The van der Waals surface area contributed by atoms with Gasteiger partial charge in [-0.2, -0.15) is 0 Å². The molecule has 4 nitrogen and oxygen atoms in total. The molecule has 1 amide bonds. The van der Waals surface area contributed by atoms with Crippen LogP contribution in [0.15, 0.2) is 24.3 Å². The number of nitrogens with one attached hydrogen (secondary N) is 3. The van der Waals surface area contributed by atoms with Crippen molar-refractivity contribution in [2.24, 2.45) is 0 Å². The third-order valence-corrected chi connectivity index (χ3v) is 2.72. The molecule has 0 fully saturated rings. The number of aromatic amines is 1. The summed E-state index contributed by atoms with van der Waals surface area (Å²) < 4.78 is 0. The van der Waals surface area contributed by atoms with Crippen molar-refractivity contribution in [3.63, 3.8) is 0 Å². The number of fused-ring (bicyclic) bond motifs is 1. The zero-order valence-corrected chi connectivity index (χ0v) is 11.5. The Morgan fingerprint density at radius 2 is 2.11 bits per heavy atom. The summed E-state index contributed by atoms with van der Waals surface area (Å²) in [5.41, 5.74) is 1.46. The second kappa shape index (κ2) is 6.64. The summed E-state index contributed by atoms with van der Waals surface area (Å²) in [6, 6.07) is 7.29. The standard InChI is InChI=1S/C12H14ClN3O.ClH/c1-14-4-5-15-12(17)11-7-8-6-9(13)2-3-10(8)16-11;/h2-3,6-7,14,16H,4-5H2,1H3,(H,15,17);1H. The normalized spacial score (nSPS) is 10.1. The molecule has 0 saturated carbocycles. The Kier molecular flexibility index (Phi) is 5.47. The number of aromatic nitrogens is 1. The first kappa shape index (κ1) is 14.8. The van der Waals surface area contributed by atoms with Crippen molar-refractivity contribution in [3.8, 4) is 0 Å². The van der Waals surface area contributed by atoms with Crippen LogP contribution >= 0.6 is 24.0 Å². The number of carbonyl (C=O) groups excluding carboxylic acids is 1. The zero-order chi connectivity index (χ0) is 12.3. The Labute approximate surface area is 116 Å². The van der Waals surface area contributed by atoms with Crippen LogP contribution in [0.2, 0.25) is 5.02 Å². The first-order chi connectivity index (χ1) is 8.20. The van der Waals surface area contributed by atoms with Crippen molar-refractivity contribution >= 4 is 40.8 Å². The quantitative estimate of drug-likeness (QED) is 0.755. The van der Waals surface area contributed by atoms with E-state index >= 15 is 0 Å².